The number of rotatable bonds is 5. The third-order valence-electron chi connectivity index (χ3n) is 3.60. The van der Waals surface area contributed by atoms with Gasteiger partial charge in [-0.1, -0.05) is 12.8 Å². The second kappa shape index (κ2) is 7.03. The van der Waals surface area contributed by atoms with Crippen molar-refractivity contribution in [1.29, 1.82) is 0 Å². The fourth-order valence-electron chi connectivity index (χ4n) is 2.56. The Bertz CT molecular complexity index is 497. The van der Waals surface area contributed by atoms with E-state index in [4.69, 9.17) is 10.2 Å². The number of carbonyl (C=O) groups excluding carboxylic acids is 1. The second-order valence-electron chi connectivity index (χ2n) is 5.02. The number of pyridine rings is 1. The first kappa shape index (κ1) is 15.2. The average molecular weight is 293 g/mol. The molecule has 21 heavy (non-hydrogen) atoms. The highest BCUT2D eigenvalue weighted by molar-refractivity contribution is 5.90. The van der Waals surface area contributed by atoms with Gasteiger partial charge in [-0.3, -0.25) is 0 Å². The Kier molecular flexibility index (Phi) is 5.10. The van der Waals surface area contributed by atoms with Gasteiger partial charge in [-0.05, 0) is 25.0 Å². The first-order valence-corrected chi connectivity index (χ1v) is 6.99. The molecular weight excluding hydrogens is 274 g/mol. The lowest BCUT2D eigenvalue weighted by Gasteiger charge is -2.28. The number of hydrogen-bond donors (Lipinski definition) is 3. The molecule has 3 N–H and O–H groups in total. The van der Waals surface area contributed by atoms with Crippen molar-refractivity contribution in [2.75, 3.05) is 18.5 Å². The fraction of sp³-hybridized carbons (Fsp3) is 0.500. The highest BCUT2D eigenvalue weighted by atomic mass is 16.4. The Morgan fingerprint density at radius 2 is 2.05 bits per heavy atom. The van der Waals surface area contributed by atoms with E-state index in [0.29, 0.717) is 5.69 Å². The highest BCUT2D eigenvalue weighted by Gasteiger charge is 2.26. The van der Waals surface area contributed by atoms with Crippen LogP contribution >= 0.6 is 0 Å². The predicted molar refractivity (Wildman–Crippen MR) is 76.3 cm³/mol. The molecule has 1 heterocycles. The number of nitrogens with zero attached hydrogens (tertiary/aromatic N) is 2. The van der Waals surface area contributed by atoms with E-state index in [1.807, 2.05) is 0 Å². The highest BCUT2D eigenvalue weighted by Crippen LogP contribution is 2.24. The van der Waals surface area contributed by atoms with Gasteiger partial charge in [-0.2, -0.15) is 0 Å². The number of aromatic nitrogens is 1. The molecule has 0 spiro atoms. The molecule has 2 rings (SSSR count). The third-order valence-corrected chi connectivity index (χ3v) is 3.60. The smallest absolute Gasteiger partial charge is 0.354 e. The molecule has 0 bridgehead atoms. The Hall–Kier alpha value is -2.15. The Balaban J connectivity index is 2.01. The molecule has 7 nitrogen and oxygen atoms in total. The zero-order valence-corrected chi connectivity index (χ0v) is 11.7. The molecule has 0 radical (unpaired) electrons. The first-order chi connectivity index (χ1) is 10.1. The van der Waals surface area contributed by atoms with Crippen molar-refractivity contribution in [2.24, 2.45) is 0 Å². The van der Waals surface area contributed by atoms with Gasteiger partial charge in [0.1, 0.15) is 5.69 Å². The molecule has 2 amide bonds. The minimum absolute atomic E-state index is 0.0731. The average Bonchev–Trinajstić information content (AvgIpc) is 2.99. The van der Waals surface area contributed by atoms with Gasteiger partial charge in [-0.15, -0.1) is 0 Å². The van der Waals surface area contributed by atoms with Crippen molar-refractivity contribution >= 4 is 17.7 Å². The van der Waals surface area contributed by atoms with Crippen LogP contribution in [0.3, 0.4) is 0 Å². The van der Waals surface area contributed by atoms with Gasteiger partial charge in [-0.25, -0.2) is 14.6 Å². The Morgan fingerprint density at radius 1 is 1.33 bits per heavy atom. The van der Waals surface area contributed by atoms with E-state index in [9.17, 15) is 9.59 Å². The minimum atomic E-state index is -1.11. The molecule has 0 atom stereocenters. The molecule has 114 valence electrons. The van der Waals surface area contributed by atoms with Gasteiger partial charge >= 0.3 is 12.0 Å². The van der Waals surface area contributed by atoms with Gasteiger partial charge in [0.15, 0.2) is 0 Å². The van der Waals surface area contributed by atoms with Gasteiger partial charge < -0.3 is 20.4 Å². The Morgan fingerprint density at radius 3 is 2.57 bits per heavy atom. The number of aliphatic hydroxyl groups is 1. The number of carboxylic acids is 1. The molecule has 1 aromatic rings. The standard InChI is InChI=1S/C14H19N3O4/c18-8-7-17(11-3-1-2-4-11)14(21)16-10-5-6-12(13(19)20)15-9-10/h5-6,9,11,18H,1-4,7-8H2,(H,16,21)(H,19,20). The number of aromatic carboxylic acids is 1. The lowest BCUT2D eigenvalue weighted by molar-refractivity contribution is 0.0690. The third kappa shape index (κ3) is 3.91. The summed E-state index contributed by atoms with van der Waals surface area (Å²) in [5.41, 5.74) is 0.363. The molecular formula is C14H19N3O4. The zero-order valence-electron chi connectivity index (χ0n) is 11.7. The number of aliphatic hydroxyl groups excluding tert-OH is 1. The summed E-state index contributed by atoms with van der Waals surface area (Å²) in [6, 6.07) is 2.70. The summed E-state index contributed by atoms with van der Waals surface area (Å²) in [4.78, 5) is 28.4. The van der Waals surface area contributed by atoms with Gasteiger partial charge in [0.2, 0.25) is 0 Å². The van der Waals surface area contributed by atoms with Gasteiger partial charge in [0.25, 0.3) is 0 Å². The summed E-state index contributed by atoms with van der Waals surface area (Å²) in [5, 5.41) is 20.6. The largest absolute Gasteiger partial charge is 0.477 e. The molecule has 0 aliphatic heterocycles. The van der Waals surface area contributed by atoms with Crippen molar-refractivity contribution < 1.29 is 19.8 Å². The van der Waals surface area contributed by atoms with Crippen LogP contribution in [0.2, 0.25) is 0 Å². The quantitative estimate of drug-likeness (QED) is 0.764. The van der Waals surface area contributed by atoms with E-state index >= 15 is 0 Å². The summed E-state index contributed by atoms with van der Waals surface area (Å²) in [5.74, 6) is -1.11. The van der Waals surface area contributed by atoms with E-state index in [1.165, 1.54) is 18.3 Å². The van der Waals surface area contributed by atoms with E-state index in [0.717, 1.165) is 25.7 Å². The van der Waals surface area contributed by atoms with Gasteiger partial charge in [0, 0.05) is 12.6 Å². The molecule has 0 unspecified atom stereocenters. The second-order valence-corrected chi connectivity index (χ2v) is 5.02. The van der Waals surface area contributed by atoms with E-state index in [2.05, 4.69) is 10.3 Å². The normalized spacial score (nSPS) is 14.9. The van der Waals surface area contributed by atoms with Crippen LogP contribution in [0, 0.1) is 0 Å². The molecule has 0 saturated heterocycles. The summed E-state index contributed by atoms with van der Waals surface area (Å²) >= 11 is 0. The van der Waals surface area contributed by atoms with Crippen molar-refractivity contribution in [1.82, 2.24) is 9.88 Å². The van der Waals surface area contributed by atoms with Crippen LogP contribution in [0.1, 0.15) is 36.2 Å². The molecule has 0 aromatic carbocycles. The van der Waals surface area contributed by atoms with E-state index in [1.54, 1.807) is 4.90 Å². The fourth-order valence-corrected chi connectivity index (χ4v) is 2.56. The maximum absolute atomic E-state index is 12.3. The molecule has 1 aromatic heterocycles. The van der Waals surface area contributed by atoms with E-state index in [-0.39, 0.29) is 30.9 Å². The number of nitrogens with one attached hydrogen (secondary N) is 1. The SMILES string of the molecule is O=C(O)c1ccc(NC(=O)N(CCO)C2CCCC2)cn1. The van der Waals surface area contributed by atoms with Crippen molar-refractivity contribution in [3.8, 4) is 0 Å². The lowest BCUT2D eigenvalue weighted by atomic mass is 10.2. The van der Waals surface area contributed by atoms with Crippen molar-refractivity contribution in [2.45, 2.75) is 31.7 Å². The van der Waals surface area contributed by atoms with Crippen LogP contribution in [-0.4, -0.2) is 51.3 Å². The summed E-state index contributed by atoms with van der Waals surface area (Å²) in [6.45, 7) is 0.206. The maximum atomic E-state index is 12.3. The van der Waals surface area contributed by atoms with Crippen LogP contribution < -0.4 is 5.32 Å². The van der Waals surface area contributed by atoms with Crippen LogP contribution in [0.25, 0.3) is 0 Å². The van der Waals surface area contributed by atoms with Crippen LogP contribution in [0.4, 0.5) is 10.5 Å². The maximum Gasteiger partial charge on any atom is 0.354 e. The molecule has 1 fully saturated rings. The number of anilines is 1. The van der Waals surface area contributed by atoms with Crippen LogP contribution in [-0.2, 0) is 0 Å². The van der Waals surface area contributed by atoms with Gasteiger partial charge in [0.05, 0.1) is 18.5 Å². The van der Waals surface area contributed by atoms with Crippen LogP contribution in [0.5, 0.6) is 0 Å². The number of hydrogen-bond acceptors (Lipinski definition) is 4. The Labute approximate surface area is 122 Å². The number of carboxylic acid groups (broad SMARTS) is 1. The minimum Gasteiger partial charge on any atom is -0.477 e. The number of carbonyl (C=O) groups is 2. The zero-order chi connectivity index (χ0) is 15.2. The first-order valence-electron chi connectivity index (χ1n) is 6.99. The molecule has 1 aliphatic carbocycles. The number of urea groups is 1. The van der Waals surface area contributed by atoms with E-state index < -0.39 is 5.97 Å². The summed E-state index contributed by atoms with van der Waals surface area (Å²) in [6.07, 6.45) is 5.39. The molecule has 1 saturated carbocycles. The number of amides is 2. The predicted octanol–water partition coefficient (Wildman–Crippen LogP) is 1.55. The summed E-state index contributed by atoms with van der Waals surface area (Å²) < 4.78 is 0. The molecule has 7 heteroatoms. The lowest BCUT2D eigenvalue weighted by Crippen LogP contribution is -2.43. The topological polar surface area (TPSA) is 103 Å². The van der Waals surface area contributed by atoms with Crippen LogP contribution in [0.15, 0.2) is 18.3 Å². The van der Waals surface area contributed by atoms with Crippen molar-refractivity contribution in [3.63, 3.8) is 0 Å². The van der Waals surface area contributed by atoms with Crippen molar-refractivity contribution in [3.05, 3.63) is 24.0 Å². The summed E-state index contributed by atoms with van der Waals surface area (Å²) in [7, 11) is 0. The molecule has 1 aliphatic rings. The monoisotopic (exact) mass is 293 g/mol.